The highest BCUT2D eigenvalue weighted by Gasteiger charge is 2.27. The fourth-order valence-electron chi connectivity index (χ4n) is 2.96. The Bertz CT molecular complexity index is 232. The fourth-order valence-corrected chi connectivity index (χ4v) is 2.96. The van der Waals surface area contributed by atoms with E-state index in [-0.39, 0.29) is 12.0 Å². The van der Waals surface area contributed by atoms with Gasteiger partial charge in [0.15, 0.2) is 0 Å². The summed E-state index contributed by atoms with van der Waals surface area (Å²) in [6, 6.07) is 0.348. The molecular weight excluding hydrogens is 214 g/mol. The molecule has 0 radical (unpaired) electrons. The van der Waals surface area contributed by atoms with E-state index in [0.717, 1.165) is 18.3 Å². The van der Waals surface area contributed by atoms with Gasteiger partial charge in [0.1, 0.15) is 6.04 Å². The smallest absolute Gasteiger partial charge is 0.323 e. The molecule has 1 saturated carbocycles. The summed E-state index contributed by atoms with van der Waals surface area (Å²) in [5, 5.41) is 3.48. The highest BCUT2D eigenvalue weighted by atomic mass is 16.5. The van der Waals surface area contributed by atoms with E-state index in [2.05, 4.69) is 19.2 Å². The SMILES string of the molecule is CCOC(=O)C(CC)NC1CC(C)CC(C)C1. The second kappa shape index (κ2) is 7.00. The van der Waals surface area contributed by atoms with Crippen LogP contribution >= 0.6 is 0 Å². The van der Waals surface area contributed by atoms with E-state index in [9.17, 15) is 4.79 Å². The average molecular weight is 241 g/mol. The van der Waals surface area contributed by atoms with Crippen LogP contribution in [0.2, 0.25) is 0 Å². The van der Waals surface area contributed by atoms with E-state index >= 15 is 0 Å². The maximum Gasteiger partial charge on any atom is 0.323 e. The molecule has 3 heteroatoms. The van der Waals surface area contributed by atoms with Crippen LogP contribution in [0.5, 0.6) is 0 Å². The van der Waals surface area contributed by atoms with Crippen molar-refractivity contribution in [1.82, 2.24) is 5.32 Å². The molecule has 0 amide bonds. The van der Waals surface area contributed by atoms with Crippen molar-refractivity contribution in [2.75, 3.05) is 6.61 Å². The Hall–Kier alpha value is -0.570. The van der Waals surface area contributed by atoms with E-state index in [1.165, 1.54) is 19.3 Å². The van der Waals surface area contributed by atoms with Gasteiger partial charge in [-0.05, 0) is 44.4 Å². The molecule has 0 saturated heterocycles. The molecule has 1 aliphatic rings. The van der Waals surface area contributed by atoms with Crippen LogP contribution in [0, 0.1) is 11.8 Å². The Labute approximate surface area is 105 Å². The number of carbonyl (C=O) groups excluding carboxylic acids is 1. The molecule has 0 bridgehead atoms. The lowest BCUT2D eigenvalue weighted by atomic mass is 9.80. The number of hydrogen-bond acceptors (Lipinski definition) is 3. The predicted octanol–water partition coefficient (Wildman–Crippen LogP) is 2.74. The standard InChI is InChI=1S/C14H27NO2/c1-5-13(14(16)17-6-2)15-12-8-10(3)7-11(4)9-12/h10-13,15H,5-9H2,1-4H3. The van der Waals surface area contributed by atoms with E-state index in [0.29, 0.717) is 12.6 Å². The lowest BCUT2D eigenvalue weighted by Crippen LogP contribution is -2.46. The monoisotopic (exact) mass is 241 g/mol. The second-order valence-corrected chi connectivity index (χ2v) is 5.49. The van der Waals surface area contributed by atoms with E-state index < -0.39 is 0 Å². The first-order chi connectivity index (χ1) is 8.06. The number of esters is 1. The fraction of sp³-hybridized carbons (Fsp3) is 0.929. The normalized spacial score (nSPS) is 30.9. The predicted molar refractivity (Wildman–Crippen MR) is 69.8 cm³/mol. The second-order valence-electron chi connectivity index (χ2n) is 5.49. The van der Waals surface area contributed by atoms with Gasteiger partial charge in [-0.2, -0.15) is 0 Å². The number of nitrogens with one attached hydrogen (secondary N) is 1. The van der Waals surface area contributed by atoms with Crippen LogP contribution in [-0.2, 0) is 9.53 Å². The molecule has 3 atom stereocenters. The van der Waals surface area contributed by atoms with Crippen molar-refractivity contribution < 1.29 is 9.53 Å². The summed E-state index contributed by atoms with van der Waals surface area (Å²) in [6.07, 6.45) is 4.48. The van der Waals surface area contributed by atoms with Gasteiger partial charge in [-0.3, -0.25) is 4.79 Å². The van der Waals surface area contributed by atoms with Gasteiger partial charge in [-0.15, -0.1) is 0 Å². The molecule has 1 rings (SSSR count). The largest absolute Gasteiger partial charge is 0.465 e. The quantitative estimate of drug-likeness (QED) is 0.752. The molecule has 0 spiro atoms. The van der Waals surface area contributed by atoms with Crippen molar-refractivity contribution >= 4 is 5.97 Å². The van der Waals surface area contributed by atoms with Gasteiger partial charge in [0.25, 0.3) is 0 Å². The summed E-state index contributed by atoms with van der Waals surface area (Å²) in [5.41, 5.74) is 0. The van der Waals surface area contributed by atoms with Gasteiger partial charge in [0, 0.05) is 6.04 Å². The zero-order valence-electron chi connectivity index (χ0n) is 11.7. The van der Waals surface area contributed by atoms with Crippen LogP contribution in [0.4, 0.5) is 0 Å². The molecule has 0 aromatic heterocycles. The molecule has 3 unspecified atom stereocenters. The minimum Gasteiger partial charge on any atom is -0.465 e. The summed E-state index contributed by atoms with van der Waals surface area (Å²) in [7, 11) is 0. The average Bonchev–Trinajstić information content (AvgIpc) is 2.24. The lowest BCUT2D eigenvalue weighted by Gasteiger charge is -2.34. The third kappa shape index (κ3) is 4.66. The van der Waals surface area contributed by atoms with Gasteiger partial charge in [0.2, 0.25) is 0 Å². The molecule has 1 aliphatic carbocycles. The van der Waals surface area contributed by atoms with Gasteiger partial charge in [0.05, 0.1) is 6.61 Å². The van der Waals surface area contributed by atoms with Crippen LogP contribution in [0.15, 0.2) is 0 Å². The summed E-state index contributed by atoms with van der Waals surface area (Å²) in [5.74, 6) is 1.42. The summed E-state index contributed by atoms with van der Waals surface area (Å²) < 4.78 is 5.09. The highest BCUT2D eigenvalue weighted by Crippen LogP contribution is 2.28. The molecule has 100 valence electrons. The van der Waals surface area contributed by atoms with Crippen LogP contribution in [-0.4, -0.2) is 24.7 Å². The molecular formula is C14H27NO2. The maximum absolute atomic E-state index is 11.7. The first-order valence-corrected chi connectivity index (χ1v) is 6.99. The van der Waals surface area contributed by atoms with Crippen molar-refractivity contribution in [2.24, 2.45) is 11.8 Å². The third-order valence-corrected chi connectivity index (χ3v) is 3.59. The topological polar surface area (TPSA) is 38.3 Å². The van der Waals surface area contributed by atoms with Crippen molar-refractivity contribution in [3.63, 3.8) is 0 Å². The van der Waals surface area contributed by atoms with Crippen molar-refractivity contribution in [1.29, 1.82) is 0 Å². The van der Waals surface area contributed by atoms with Gasteiger partial charge in [-0.1, -0.05) is 20.8 Å². The summed E-state index contributed by atoms with van der Waals surface area (Å²) in [6.45, 7) is 8.96. The zero-order chi connectivity index (χ0) is 12.8. The van der Waals surface area contributed by atoms with E-state index in [4.69, 9.17) is 4.74 Å². The number of rotatable bonds is 5. The minimum absolute atomic E-state index is 0.0964. The van der Waals surface area contributed by atoms with Crippen molar-refractivity contribution in [2.45, 2.75) is 65.5 Å². The van der Waals surface area contributed by atoms with Gasteiger partial charge in [-0.25, -0.2) is 0 Å². The van der Waals surface area contributed by atoms with E-state index in [1.807, 2.05) is 13.8 Å². The first kappa shape index (κ1) is 14.5. The van der Waals surface area contributed by atoms with E-state index in [1.54, 1.807) is 0 Å². The zero-order valence-corrected chi connectivity index (χ0v) is 11.7. The van der Waals surface area contributed by atoms with Gasteiger partial charge < -0.3 is 10.1 Å². The van der Waals surface area contributed by atoms with Gasteiger partial charge >= 0.3 is 5.97 Å². The van der Waals surface area contributed by atoms with Crippen LogP contribution in [0.1, 0.15) is 53.4 Å². The highest BCUT2D eigenvalue weighted by molar-refractivity contribution is 5.75. The van der Waals surface area contributed by atoms with Crippen LogP contribution in [0.25, 0.3) is 0 Å². The molecule has 1 fully saturated rings. The molecule has 0 aliphatic heterocycles. The Kier molecular flexibility index (Phi) is 5.96. The molecule has 0 aromatic carbocycles. The minimum atomic E-state index is -0.127. The molecule has 1 N–H and O–H groups in total. The Morgan fingerprint density at radius 2 is 1.82 bits per heavy atom. The summed E-state index contributed by atoms with van der Waals surface area (Å²) >= 11 is 0. The molecule has 0 heterocycles. The molecule has 0 aromatic rings. The Morgan fingerprint density at radius 3 is 2.29 bits per heavy atom. The Balaban J connectivity index is 2.47. The van der Waals surface area contributed by atoms with Crippen LogP contribution in [0.3, 0.4) is 0 Å². The first-order valence-electron chi connectivity index (χ1n) is 6.99. The maximum atomic E-state index is 11.7. The lowest BCUT2D eigenvalue weighted by molar-refractivity contribution is -0.146. The Morgan fingerprint density at radius 1 is 1.24 bits per heavy atom. The van der Waals surface area contributed by atoms with Crippen LogP contribution < -0.4 is 5.32 Å². The summed E-state index contributed by atoms with van der Waals surface area (Å²) in [4.78, 5) is 11.7. The number of carbonyl (C=O) groups is 1. The number of ether oxygens (including phenoxy) is 1. The number of hydrogen-bond donors (Lipinski definition) is 1. The molecule has 3 nitrogen and oxygen atoms in total. The molecule has 17 heavy (non-hydrogen) atoms. The van der Waals surface area contributed by atoms with Crippen molar-refractivity contribution in [3.8, 4) is 0 Å². The third-order valence-electron chi connectivity index (χ3n) is 3.59. The van der Waals surface area contributed by atoms with Crippen molar-refractivity contribution in [3.05, 3.63) is 0 Å².